The molecule has 0 saturated heterocycles. The van der Waals surface area contributed by atoms with Crippen molar-refractivity contribution in [1.82, 2.24) is 0 Å². The van der Waals surface area contributed by atoms with Gasteiger partial charge in [-0.3, -0.25) is 14.4 Å². The quantitative estimate of drug-likeness (QED) is 0.243. The van der Waals surface area contributed by atoms with E-state index in [1.807, 2.05) is 30.3 Å². The van der Waals surface area contributed by atoms with Crippen LogP contribution in [0.4, 0.5) is 16.4 Å². The van der Waals surface area contributed by atoms with Crippen molar-refractivity contribution in [2.24, 2.45) is 5.92 Å². The van der Waals surface area contributed by atoms with Crippen LogP contribution in [-0.4, -0.2) is 36.1 Å². The number of carbonyl (C=O) groups is 4. The first kappa shape index (κ1) is 26.4. The number of nitrogens with one attached hydrogen (secondary N) is 3. The minimum atomic E-state index is -0.637. The van der Waals surface area contributed by atoms with E-state index in [-0.39, 0.29) is 34.2 Å². The third kappa shape index (κ3) is 6.58. The van der Waals surface area contributed by atoms with Gasteiger partial charge < -0.3 is 20.7 Å². The molecule has 2 aromatic carbocycles. The van der Waals surface area contributed by atoms with Crippen LogP contribution in [0.2, 0.25) is 0 Å². The maximum absolute atomic E-state index is 13.1. The number of amides is 3. The fourth-order valence-electron chi connectivity index (χ4n) is 3.58. The number of anilines is 3. The number of hydrogen-bond donors (Lipinski definition) is 3. The summed E-state index contributed by atoms with van der Waals surface area (Å²) in [5, 5.41) is 8.25. The van der Waals surface area contributed by atoms with E-state index in [1.165, 1.54) is 18.9 Å². The summed E-state index contributed by atoms with van der Waals surface area (Å²) in [5.41, 5.74) is 1.89. The fraction of sp³-hybridized carbons (Fsp3) is 0.259. The fourth-order valence-corrected chi connectivity index (χ4v) is 5.60. The maximum Gasteiger partial charge on any atom is 0.341 e. The Bertz CT molecular complexity index is 1340. The van der Waals surface area contributed by atoms with Gasteiger partial charge in [0.25, 0.3) is 5.91 Å². The summed E-state index contributed by atoms with van der Waals surface area (Å²) in [5.74, 6) is -1.24. The highest BCUT2D eigenvalue weighted by Gasteiger charge is 2.30. The van der Waals surface area contributed by atoms with Crippen LogP contribution in [0.15, 0.2) is 59.5 Å². The molecule has 0 bridgehead atoms. The summed E-state index contributed by atoms with van der Waals surface area (Å²) >= 11 is 2.35. The second-order valence-electron chi connectivity index (χ2n) is 8.61. The lowest BCUT2D eigenvalue weighted by atomic mass is 10.1. The number of methoxy groups -OCH3 is 1. The number of thioether (sulfide) groups is 1. The Morgan fingerprint density at radius 1 is 0.973 bits per heavy atom. The van der Waals surface area contributed by atoms with Crippen LogP contribution in [0.3, 0.4) is 0 Å². The molecule has 1 aliphatic carbocycles. The highest BCUT2D eigenvalue weighted by molar-refractivity contribution is 8.00. The lowest BCUT2D eigenvalue weighted by Crippen LogP contribution is -2.23. The number of hydrogen-bond acceptors (Lipinski definition) is 7. The normalized spacial score (nSPS) is 13.4. The van der Waals surface area contributed by atoms with Gasteiger partial charge >= 0.3 is 5.97 Å². The van der Waals surface area contributed by atoms with Gasteiger partial charge in [-0.25, -0.2) is 4.79 Å². The molecule has 1 unspecified atom stereocenters. The number of benzene rings is 2. The van der Waals surface area contributed by atoms with Crippen molar-refractivity contribution in [2.75, 3.05) is 23.1 Å². The zero-order valence-electron chi connectivity index (χ0n) is 20.6. The third-order valence-electron chi connectivity index (χ3n) is 5.74. The zero-order valence-corrected chi connectivity index (χ0v) is 22.3. The molecule has 1 atom stereocenters. The lowest BCUT2D eigenvalue weighted by Gasteiger charge is -2.13. The second kappa shape index (κ2) is 11.6. The predicted octanol–water partition coefficient (Wildman–Crippen LogP) is 5.56. The van der Waals surface area contributed by atoms with Gasteiger partial charge in [-0.05, 0) is 62.6 Å². The number of ether oxygens (including phenoxy) is 1. The molecule has 8 nitrogen and oxygen atoms in total. The summed E-state index contributed by atoms with van der Waals surface area (Å²) in [6, 6.07) is 16.3. The van der Waals surface area contributed by atoms with Crippen molar-refractivity contribution in [3.63, 3.8) is 0 Å². The number of para-hydroxylation sites is 1. The summed E-state index contributed by atoms with van der Waals surface area (Å²) in [6.45, 7) is 3.40. The van der Waals surface area contributed by atoms with Crippen molar-refractivity contribution in [2.45, 2.75) is 36.8 Å². The first-order valence-corrected chi connectivity index (χ1v) is 13.4. The topological polar surface area (TPSA) is 114 Å². The molecular weight excluding hydrogens is 510 g/mol. The van der Waals surface area contributed by atoms with Crippen LogP contribution < -0.4 is 16.0 Å². The van der Waals surface area contributed by atoms with E-state index >= 15 is 0 Å². The molecule has 3 aromatic rings. The van der Waals surface area contributed by atoms with E-state index in [0.717, 1.165) is 29.1 Å². The average molecular weight is 538 g/mol. The number of carbonyl (C=O) groups excluding carboxylic acids is 4. The molecule has 0 radical (unpaired) electrons. The van der Waals surface area contributed by atoms with Crippen LogP contribution in [0, 0.1) is 12.8 Å². The minimum absolute atomic E-state index is 0.0171. The Hall–Kier alpha value is -3.63. The Morgan fingerprint density at radius 2 is 1.68 bits per heavy atom. The first-order chi connectivity index (χ1) is 17.8. The zero-order chi connectivity index (χ0) is 26.5. The minimum Gasteiger partial charge on any atom is -0.465 e. The van der Waals surface area contributed by atoms with Crippen LogP contribution in [0.25, 0.3) is 0 Å². The Kier molecular flexibility index (Phi) is 8.30. The van der Waals surface area contributed by atoms with E-state index in [4.69, 9.17) is 4.74 Å². The van der Waals surface area contributed by atoms with E-state index in [2.05, 4.69) is 16.0 Å². The van der Waals surface area contributed by atoms with Crippen LogP contribution >= 0.6 is 23.1 Å². The average Bonchev–Trinajstić information content (AvgIpc) is 3.68. The Labute approximate surface area is 223 Å². The third-order valence-corrected chi connectivity index (χ3v) is 8.04. The number of rotatable bonds is 9. The molecule has 0 spiro atoms. The monoisotopic (exact) mass is 537 g/mol. The second-order valence-corrected chi connectivity index (χ2v) is 11.0. The molecule has 1 fully saturated rings. The van der Waals surface area contributed by atoms with Gasteiger partial charge in [0.1, 0.15) is 5.00 Å². The number of esters is 1. The van der Waals surface area contributed by atoms with E-state index in [1.54, 1.807) is 38.1 Å². The predicted molar refractivity (Wildman–Crippen MR) is 147 cm³/mol. The van der Waals surface area contributed by atoms with E-state index in [9.17, 15) is 19.2 Å². The molecular formula is C27H27N3O5S2. The van der Waals surface area contributed by atoms with Crippen molar-refractivity contribution < 1.29 is 23.9 Å². The molecule has 4 rings (SSSR count). The van der Waals surface area contributed by atoms with Crippen LogP contribution in [0.1, 0.15) is 45.4 Å². The molecule has 37 heavy (non-hydrogen) atoms. The molecule has 1 heterocycles. The highest BCUT2D eigenvalue weighted by Crippen LogP contribution is 2.36. The molecule has 10 heteroatoms. The maximum atomic E-state index is 13.1. The summed E-state index contributed by atoms with van der Waals surface area (Å²) in [4.78, 5) is 51.7. The van der Waals surface area contributed by atoms with E-state index in [0.29, 0.717) is 21.8 Å². The number of thiophene rings is 1. The molecule has 1 saturated carbocycles. The van der Waals surface area contributed by atoms with Gasteiger partial charge in [-0.1, -0.05) is 24.3 Å². The smallest absolute Gasteiger partial charge is 0.341 e. The lowest BCUT2D eigenvalue weighted by molar-refractivity contribution is -0.117. The standard InChI is InChI=1S/C27H27N3O5S2/c1-15-21(27(34)35-3)26(37-22(15)25(33)28-18-8-5-4-6-9-18)30-23(31)16(2)36-20-11-7-10-19(14-20)29-24(32)17-12-13-17/h4-11,14,16-17H,12-13H2,1-3H3,(H,28,33)(H,29,32)(H,30,31). The Morgan fingerprint density at radius 3 is 2.35 bits per heavy atom. The summed E-state index contributed by atoms with van der Waals surface area (Å²) < 4.78 is 4.92. The summed E-state index contributed by atoms with van der Waals surface area (Å²) in [6.07, 6.45) is 1.84. The van der Waals surface area contributed by atoms with Gasteiger partial charge in [0.2, 0.25) is 11.8 Å². The van der Waals surface area contributed by atoms with Gasteiger partial charge in [0.15, 0.2) is 0 Å². The van der Waals surface area contributed by atoms with Gasteiger partial charge in [0.05, 0.1) is 22.8 Å². The highest BCUT2D eigenvalue weighted by atomic mass is 32.2. The molecule has 1 aromatic heterocycles. The molecule has 0 aliphatic heterocycles. The first-order valence-electron chi connectivity index (χ1n) is 11.7. The molecule has 3 N–H and O–H groups in total. The van der Waals surface area contributed by atoms with Gasteiger partial charge in [-0.2, -0.15) is 0 Å². The van der Waals surface area contributed by atoms with E-state index < -0.39 is 11.2 Å². The van der Waals surface area contributed by atoms with Crippen molar-refractivity contribution in [3.8, 4) is 0 Å². The Balaban J connectivity index is 1.48. The van der Waals surface area contributed by atoms with Crippen molar-refractivity contribution in [1.29, 1.82) is 0 Å². The van der Waals surface area contributed by atoms with Gasteiger partial charge in [-0.15, -0.1) is 23.1 Å². The van der Waals surface area contributed by atoms with Crippen molar-refractivity contribution in [3.05, 3.63) is 70.6 Å². The van der Waals surface area contributed by atoms with Crippen molar-refractivity contribution >= 4 is 63.2 Å². The molecule has 3 amide bonds. The summed E-state index contributed by atoms with van der Waals surface area (Å²) in [7, 11) is 1.25. The van der Waals surface area contributed by atoms with Gasteiger partial charge in [0, 0.05) is 22.2 Å². The largest absolute Gasteiger partial charge is 0.465 e. The SMILES string of the molecule is COC(=O)c1c(NC(=O)C(C)Sc2cccc(NC(=O)C3CC3)c2)sc(C(=O)Nc2ccccc2)c1C. The molecule has 192 valence electrons. The molecule has 1 aliphatic rings. The van der Waals surface area contributed by atoms with Crippen LogP contribution in [-0.2, 0) is 14.3 Å². The van der Waals surface area contributed by atoms with Crippen LogP contribution in [0.5, 0.6) is 0 Å².